The van der Waals surface area contributed by atoms with E-state index in [1.807, 2.05) is 43.5 Å². The van der Waals surface area contributed by atoms with Gasteiger partial charge in [0.15, 0.2) is 0 Å². The van der Waals surface area contributed by atoms with Crippen molar-refractivity contribution in [2.45, 2.75) is 13.3 Å². The summed E-state index contributed by atoms with van der Waals surface area (Å²) in [5, 5.41) is 10.6. The molecule has 2 aromatic heterocycles. The molecule has 0 atom stereocenters. The van der Waals surface area contributed by atoms with E-state index in [0.717, 1.165) is 70.9 Å². The third kappa shape index (κ3) is 4.19. The normalized spacial score (nSPS) is 15.5. The van der Waals surface area contributed by atoms with E-state index in [9.17, 15) is 0 Å². The van der Waals surface area contributed by atoms with Gasteiger partial charge in [0.1, 0.15) is 5.82 Å². The second-order valence-corrected chi connectivity index (χ2v) is 8.58. The lowest BCUT2D eigenvalue weighted by molar-refractivity contribution is 0.584. The number of benzene rings is 1. The molecule has 0 amide bonds. The van der Waals surface area contributed by atoms with Crippen LogP contribution in [0.3, 0.4) is 0 Å². The zero-order chi connectivity index (χ0) is 21.4. The first-order chi connectivity index (χ1) is 15.1. The monoisotopic (exact) mass is 451 g/mol. The van der Waals surface area contributed by atoms with Crippen LogP contribution in [0.4, 0.5) is 23.1 Å². The molecule has 1 saturated heterocycles. The van der Waals surface area contributed by atoms with Crippen molar-refractivity contribution in [1.82, 2.24) is 20.3 Å². The Morgan fingerprint density at radius 1 is 1.13 bits per heavy atom. The van der Waals surface area contributed by atoms with E-state index in [4.69, 9.17) is 33.8 Å². The molecule has 3 N–H and O–H groups in total. The van der Waals surface area contributed by atoms with Crippen molar-refractivity contribution in [3.63, 3.8) is 0 Å². The standard InChI is InChI=1S/C22H22ClN7S/c1-13-17(4-5-19(26-13)30-8-6-24-7-9-30)28-22-25-12-14-10-20(31)27-18-11-15(23)2-3-16(18)21(14)29-22/h2-5,11-12,24H,6-10H2,1H3,(H,27,31)(H,25,28,29). The first-order valence-corrected chi connectivity index (χ1v) is 11.0. The highest BCUT2D eigenvalue weighted by Gasteiger charge is 2.20. The predicted molar refractivity (Wildman–Crippen MR) is 130 cm³/mol. The van der Waals surface area contributed by atoms with Crippen LogP contribution >= 0.6 is 23.8 Å². The van der Waals surface area contributed by atoms with Crippen LogP contribution in [0, 0.1) is 6.92 Å². The summed E-state index contributed by atoms with van der Waals surface area (Å²) in [7, 11) is 0. The van der Waals surface area contributed by atoms with E-state index in [-0.39, 0.29) is 0 Å². The van der Waals surface area contributed by atoms with Crippen LogP contribution in [0.15, 0.2) is 36.5 Å². The van der Waals surface area contributed by atoms with Crippen LogP contribution in [0.2, 0.25) is 5.02 Å². The summed E-state index contributed by atoms with van der Waals surface area (Å²) in [5.41, 5.74) is 5.43. The van der Waals surface area contributed by atoms with Crippen molar-refractivity contribution in [3.8, 4) is 11.3 Å². The van der Waals surface area contributed by atoms with E-state index in [0.29, 0.717) is 17.4 Å². The van der Waals surface area contributed by atoms with Gasteiger partial charge in [-0.15, -0.1) is 0 Å². The van der Waals surface area contributed by atoms with Gasteiger partial charge in [-0.1, -0.05) is 23.8 Å². The van der Waals surface area contributed by atoms with Gasteiger partial charge >= 0.3 is 0 Å². The molecule has 9 heteroatoms. The van der Waals surface area contributed by atoms with Crippen molar-refractivity contribution in [1.29, 1.82) is 0 Å². The molecule has 1 fully saturated rings. The SMILES string of the molecule is Cc1nc(N2CCNCC2)ccc1Nc1ncc2c(n1)-c1ccc(Cl)cc1NC(=S)C2. The van der Waals surface area contributed by atoms with E-state index in [1.54, 1.807) is 0 Å². The molecular formula is C22H22ClN7S. The highest BCUT2D eigenvalue weighted by atomic mass is 35.5. The highest BCUT2D eigenvalue weighted by molar-refractivity contribution is 7.80. The third-order valence-corrected chi connectivity index (χ3v) is 5.97. The number of nitrogens with zero attached hydrogens (tertiary/aromatic N) is 4. The number of pyridine rings is 1. The lowest BCUT2D eigenvalue weighted by atomic mass is 10.1. The van der Waals surface area contributed by atoms with Gasteiger partial charge in [0.25, 0.3) is 0 Å². The molecule has 4 heterocycles. The first-order valence-electron chi connectivity index (χ1n) is 10.2. The molecule has 2 aliphatic rings. The van der Waals surface area contributed by atoms with Crippen molar-refractivity contribution < 1.29 is 0 Å². The second kappa shape index (κ2) is 8.37. The minimum atomic E-state index is 0.521. The number of aryl methyl sites for hydroxylation is 1. The minimum absolute atomic E-state index is 0.521. The van der Waals surface area contributed by atoms with Crippen molar-refractivity contribution >= 4 is 51.9 Å². The predicted octanol–water partition coefficient (Wildman–Crippen LogP) is 3.95. The molecular weight excluding hydrogens is 430 g/mol. The molecule has 0 bridgehead atoms. The molecule has 0 unspecified atom stereocenters. The quantitative estimate of drug-likeness (QED) is 0.517. The minimum Gasteiger partial charge on any atom is -0.354 e. The molecule has 2 aliphatic heterocycles. The van der Waals surface area contributed by atoms with Crippen LogP contribution in [-0.4, -0.2) is 46.1 Å². The molecule has 5 rings (SSSR count). The Hall–Kier alpha value is -2.81. The van der Waals surface area contributed by atoms with Crippen molar-refractivity contribution in [2.24, 2.45) is 0 Å². The molecule has 0 aliphatic carbocycles. The van der Waals surface area contributed by atoms with E-state index in [2.05, 4.69) is 25.8 Å². The summed E-state index contributed by atoms with van der Waals surface area (Å²) in [6.45, 7) is 5.89. The summed E-state index contributed by atoms with van der Waals surface area (Å²) in [4.78, 5) is 17.1. The van der Waals surface area contributed by atoms with Crippen LogP contribution in [-0.2, 0) is 6.42 Å². The molecule has 0 spiro atoms. The molecule has 158 valence electrons. The lowest BCUT2D eigenvalue weighted by Crippen LogP contribution is -2.43. The third-order valence-electron chi connectivity index (χ3n) is 5.48. The average molecular weight is 452 g/mol. The maximum Gasteiger partial charge on any atom is 0.227 e. The van der Waals surface area contributed by atoms with Crippen molar-refractivity contribution in [2.75, 3.05) is 41.7 Å². The number of piperazine rings is 1. The number of rotatable bonds is 3. The molecule has 0 radical (unpaired) electrons. The number of anilines is 4. The Balaban J connectivity index is 1.45. The van der Waals surface area contributed by atoms with Crippen LogP contribution in [0.5, 0.6) is 0 Å². The zero-order valence-electron chi connectivity index (χ0n) is 17.1. The topological polar surface area (TPSA) is 78.0 Å². The van der Waals surface area contributed by atoms with E-state index in [1.165, 1.54) is 0 Å². The smallest absolute Gasteiger partial charge is 0.227 e. The fourth-order valence-corrected chi connectivity index (χ4v) is 4.33. The average Bonchev–Trinajstić information content (AvgIpc) is 2.90. The summed E-state index contributed by atoms with van der Waals surface area (Å²) < 4.78 is 0. The summed E-state index contributed by atoms with van der Waals surface area (Å²) >= 11 is 11.7. The first kappa shape index (κ1) is 20.1. The Kier molecular flexibility index (Phi) is 5.43. The van der Waals surface area contributed by atoms with Crippen LogP contribution in [0.1, 0.15) is 11.3 Å². The van der Waals surface area contributed by atoms with Crippen LogP contribution in [0.25, 0.3) is 11.3 Å². The number of hydrogen-bond acceptors (Lipinski definition) is 7. The number of hydrogen-bond donors (Lipinski definition) is 3. The van der Waals surface area contributed by atoms with Gasteiger partial charge in [0, 0.05) is 60.6 Å². The van der Waals surface area contributed by atoms with Crippen molar-refractivity contribution in [3.05, 3.63) is 52.8 Å². The summed E-state index contributed by atoms with van der Waals surface area (Å²) in [6, 6.07) is 9.78. The number of nitrogens with one attached hydrogen (secondary N) is 3. The van der Waals surface area contributed by atoms with Gasteiger partial charge in [-0.3, -0.25) is 0 Å². The fraction of sp³-hybridized carbons (Fsp3) is 0.273. The lowest BCUT2D eigenvalue weighted by Gasteiger charge is -2.28. The largest absolute Gasteiger partial charge is 0.354 e. The summed E-state index contributed by atoms with van der Waals surface area (Å²) in [6.07, 6.45) is 2.41. The molecule has 31 heavy (non-hydrogen) atoms. The Labute approximate surface area is 191 Å². The molecule has 3 aromatic rings. The van der Waals surface area contributed by atoms with Gasteiger partial charge in [-0.05, 0) is 37.3 Å². The zero-order valence-corrected chi connectivity index (χ0v) is 18.6. The Morgan fingerprint density at radius 2 is 1.97 bits per heavy atom. The van der Waals surface area contributed by atoms with Gasteiger partial charge in [0.05, 0.1) is 22.1 Å². The van der Waals surface area contributed by atoms with E-state index < -0.39 is 0 Å². The summed E-state index contributed by atoms with van der Waals surface area (Å²) in [5.74, 6) is 1.52. The Bertz CT molecular complexity index is 1160. The number of thiocarbonyl (C=S) groups is 1. The van der Waals surface area contributed by atoms with Gasteiger partial charge in [-0.25, -0.2) is 15.0 Å². The number of halogens is 1. The van der Waals surface area contributed by atoms with Crippen LogP contribution < -0.4 is 20.9 Å². The number of fused-ring (bicyclic) bond motifs is 3. The molecule has 1 aromatic carbocycles. The Morgan fingerprint density at radius 3 is 2.77 bits per heavy atom. The second-order valence-electron chi connectivity index (χ2n) is 7.65. The molecule has 7 nitrogen and oxygen atoms in total. The number of aromatic nitrogens is 3. The van der Waals surface area contributed by atoms with Gasteiger partial charge < -0.3 is 20.9 Å². The maximum absolute atomic E-state index is 6.19. The maximum atomic E-state index is 6.19. The van der Waals surface area contributed by atoms with E-state index >= 15 is 0 Å². The molecule has 0 saturated carbocycles. The fourth-order valence-electron chi connectivity index (χ4n) is 3.89. The van der Waals surface area contributed by atoms with Gasteiger partial charge in [0.2, 0.25) is 5.95 Å². The highest BCUT2D eigenvalue weighted by Crippen LogP contribution is 2.35. The van der Waals surface area contributed by atoms with Gasteiger partial charge in [-0.2, -0.15) is 0 Å².